The minimum atomic E-state index is -0.612. The normalized spacial score (nSPS) is 14.7. The fraction of sp³-hybridized carbons (Fsp3) is 0.450. The summed E-state index contributed by atoms with van der Waals surface area (Å²) in [5.74, 6) is 2.75. The lowest BCUT2D eigenvalue weighted by Crippen LogP contribution is -2.32. The summed E-state index contributed by atoms with van der Waals surface area (Å²) in [6.45, 7) is 1.43. The van der Waals surface area contributed by atoms with Crippen LogP contribution in [0, 0.1) is 5.92 Å². The van der Waals surface area contributed by atoms with Crippen LogP contribution in [-0.2, 0) is 0 Å². The first-order valence-electron chi connectivity index (χ1n) is 10.1. The summed E-state index contributed by atoms with van der Waals surface area (Å²) in [6.07, 6.45) is 8.39. The lowest BCUT2D eigenvalue weighted by molar-refractivity contribution is 0.244. The van der Waals surface area contributed by atoms with Gasteiger partial charge in [0.25, 0.3) is 0 Å². The Bertz CT molecular complexity index is 910. The molecule has 0 unspecified atom stereocenters. The molecule has 2 amide bonds. The van der Waals surface area contributed by atoms with E-state index < -0.39 is 11.7 Å². The highest BCUT2D eigenvalue weighted by atomic mass is 16.5. The van der Waals surface area contributed by atoms with Crippen molar-refractivity contribution in [2.24, 2.45) is 17.4 Å². The zero-order valence-electron chi connectivity index (χ0n) is 16.8. The number of amides is 2. The van der Waals surface area contributed by atoms with Crippen LogP contribution < -0.4 is 37.3 Å². The summed E-state index contributed by atoms with van der Waals surface area (Å²) < 4.78 is 11.2. The summed E-state index contributed by atoms with van der Waals surface area (Å²) in [5.41, 5.74) is 10.6. The van der Waals surface area contributed by atoms with E-state index in [2.05, 4.69) is 20.6 Å². The standard InChI is InChI=1S/C13H13N5O4.C7H15N/c14-12(19)15-4-5-21-7-2-1-3-8-10(7)17-11-9(22-8)6-16-13(20)18-11;8-6-7-4-2-1-3-5-7/h1-3,6H,4-5H2,(H3,14,15,19)(H2,16,17,18,20);7H,1-6,8H2. The number of carbonyl (C=O) groups excluding carboxylic acids is 1. The number of nitrogens with one attached hydrogen (secondary N) is 3. The van der Waals surface area contributed by atoms with E-state index in [-0.39, 0.29) is 13.2 Å². The van der Waals surface area contributed by atoms with E-state index in [4.69, 9.17) is 20.9 Å². The number of hydrogen-bond donors (Lipinski definition) is 5. The number of para-hydroxylation sites is 1. The van der Waals surface area contributed by atoms with Gasteiger partial charge in [-0.25, -0.2) is 9.59 Å². The second-order valence-electron chi connectivity index (χ2n) is 7.16. The van der Waals surface area contributed by atoms with Crippen LogP contribution in [0.2, 0.25) is 0 Å². The average Bonchev–Trinajstić information content (AvgIpc) is 2.76. The number of carbonyl (C=O) groups is 1. The molecule has 1 aliphatic carbocycles. The zero-order valence-corrected chi connectivity index (χ0v) is 16.8. The average molecular weight is 416 g/mol. The molecule has 1 fully saturated rings. The molecule has 2 aromatic rings. The molecule has 0 atom stereocenters. The van der Waals surface area contributed by atoms with Gasteiger partial charge in [-0.1, -0.05) is 25.3 Å². The number of aromatic nitrogens is 2. The Balaban J connectivity index is 0.000000269. The predicted octanol–water partition coefficient (Wildman–Crippen LogP) is 2.19. The minimum Gasteiger partial charge on any atom is -0.489 e. The lowest BCUT2D eigenvalue weighted by Gasteiger charge is -2.22. The highest BCUT2D eigenvalue weighted by Crippen LogP contribution is 2.44. The second kappa shape index (κ2) is 10.5. The SMILES string of the molecule is NC(=O)NCCOc1cccc2c1Nc1[nH]c(=O)ncc1O2.NCC1CCCCC1. The maximum atomic E-state index is 11.3. The molecule has 2 heterocycles. The molecule has 0 radical (unpaired) electrons. The topological polar surface area (TPSA) is 157 Å². The molecule has 30 heavy (non-hydrogen) atoms. The third-order valence-electron chi connectivity index (χ3n) is 4.95. The van der Waals surface area contributed by atoms with Gasteiger partial charge < -0.3 is 31.6 Å². The first kappa shape index (κ1) is 21.4. The number of H-pyrrole nitrogens is 1. The van der Waals surface area contributed by atoms with Gasteiger partial charge in [0.05, 0.1) is 12.7 Å². The molecule has 1 aromatic carbocycles. The maximum absolute atomic E-state index is 11.3. The minimum absolute atomic E-state index is 0.237. The number of primary amides is 1. The van der Waals surface area contributed by atoms with Gasteiger partial charge in [0, 0.05) is 0 Å². The largest absolute Gasteiger partial charge is 0.489 e. The molecule has 162 valence electrons. The van der Waals surface area contributed by atoms with Crippen molar-refractivity contribution < 1.29 is 14.3 Å². The van der Waals surface area contributed by atoms with E-state index in [9.17, 15) is 9.59 Å². The van der Waals surface area contributed by atoms with E-state index in [0.29, 0.717) is 28.8 Å². The Labute approximate surface area is 174 Å². The third-order valence-corrected chi connectivity index (χ3v) is 4.95. The van der Waals surface area contributed by atoms with Crippen molar-refractivity contribution in [2.45, 2.75) is 32.1 Å². The summed E-state index contributed by atoms with van der Waals surface area (Å²) in [5, 5.41) is 5.47. The highest BCUT2D eigenvalue weighted by molar-refractivity contribution is 5.77. The van der Waals surface area contributed by atoms with Gasteiger partial charge in [-0.05, 0) is 37.4 Å². The second-order valence-corrected chi connectivity index (χ2v) is 7.16. The Morgan fingerprint density at radius 3 is 2.77 bits per heavy atom. The number of anilines is 2. The molecular weight excluding hydrogens is 388 g/mol. The molecule has 2 aliphatic rings. The number of hydrogen-bond acceptors (Lipinski definition) is 7. The van der Waals surface area contributed by atoms with Crippen LogP contribution in [-0.4, -0.2) is 35.7 Å². The maximum Gasteiger partial charge on any atom is 0.346 e. The molecule has 10 heteroatoms. The molecule has 0 spiro atoms. The Kier molecular flexibility index (Phi) is 7.50. The Morgan fingerprint density at radius 1 is 1.27 bits per heavy atom. The smallest absolute Gasteiger partial charge is 0.346 e. The van der Waals surface area contributed by atoms with Crippen molar-refractivity contribution in [3.63, 3.8) is 0 Å². The van der Waals surface area contributed by atoms with Gasteiger partial charge in [0.1, 0.15) is 18.0 Å². The number of ether oxygens (including phenoxy) is 2. The molecule has 7 N–H and O–H groups in total. The Hall–Kier alpha value is -3.27. The van der Waals surface area contributed by atoms with Crippen LogP contribution in [0.3, 0.4) is 0 Å². The molecule has 10 nitrogen and oxygen atoms in total. The van der Waals surface area contributed by atoms with Crippen molar-refractivity contribution in [2.75, 3.05) is 25.0 Å². The van der Waals surface area contributed by atoms with Crippen molar-refractivity contribution in [3.8, 4) is 17.2 Å². The van der Waals surface area contributed by atoms with Crippen molar-refractivity contribution in [3.05, 3.63) is 34.9 Å². The molecule has 4 rings (SSSR count). The predicted molar refractivity (Wildman–Crippen MR) is 113 cm³/mol. The fourth-order valence-corrected chi connectivity index (χ4v) is 3.39. The van der Waals surface area contributed by atoms with Crippen LogP contribution in [0.5, 0.6) is 17.2 Å². The first-order chi connectivity index (χ1) is 14.6. The van der Waals surface area contributed by atoms with Crippen molar-refractivity contribution in [1.29, 1.82) is 0 Å². The van der Waals surface area contributed by atoms with Crippen LogP contribution >= 0.6 is 0 Å². The summed E-state index contributed by atoms with van der Waals surface area (Å²) in [7, 11) is 0. The number of benzene rings is 1. The molecule has 1 saturated carbocycles. The quantitative estimate of drug-likeness (QED) is 0.399. The number of urea groups is 1. The van der Waals surface area contributed by atoms with Gasteiger partial charge in [0.2, 0.25) is 0 Å². The van der Waals surface area contributed by atoms with Crippen molar-refractivity contribution in [1.82, 2.24) is 15.3 Å². The van der Waals surface area contributed by atoms with E-state index in [1.165, 1.54) is 38.3 Å². The van der Waals surface area contributed by atoms with Crippen molar-refractivity contribution >= 4 is 17.5 Å². The summed E-state index contributed by atoms with van der Waals surface area (Å²) in [6, 6.07) is 4.65. The van der Waals surface area contributed by atoms with E-state index in [1.54, 1.807) is 18.2 Å². The zero-order chi connectivity index (χ0) is 21.3. The fourth-order valence-electron chi connectivity index (χ4n) is 3.39. The van der Waals surface area contributed by atoms with Crippen LogP contribution in [0.4, 0.5) is 16.3 Å². The van der Waals surface area contributed by atoms with Crippen LogP contribution in [0.25, 0.3) is 0 Å². The van der Waals surface area contributed by atoms with Crippen LogP contribution in [0.15, 0.2) is 29.2 Å². The monoisotopic (exact) mass is 416 g/mol. The summed E-state index contributed by atoms with van der Waals surface area (Å²) >= 11 is 0. The van der Waals surface area contributed by atoms with Gasteiger partial charge in [-0.2, -0.15) is 4.98 Å². The molecule has 1 aromatic heterocycles. The lowest BCUT2D eigenvalue weighted by atomic mass is 9.90. The molecular formula is C20H28N6O4. The van der Waals surface area contributed by atoms with Gasteiger partial charge in [-0.3, -0.25) is 4.98 Å². The molecule has 1 aliphatic heterocycles. The first-order valence-corrected chi connectivity index (χ1v) is 10.1. The van der Waals surface area contributed by atoms with Gasteiger partial charge >= 0.3 is 11.7 Å². The Morgan fingerprint density at radius 2 is 2.07 bits per heavy atom. The molecule has 0 bridgehead atoms. The molecule has 0 saturated heterocycles. The van der Waals surface area contributed by atoms with Crippen LogP contribution in [0.1, 0.15) is 32.1 Å². The number of nitrogens with two attached hydrogens (primary N) is 2. The number of rotatable bonds is 5. The van der Waals surface area contributed by atoms with E-state index in [1.807, 2.05) is 0 Å². The van der Waals surface area contributed by atoms with E-state index in [0.717, 1.165) is 12.5 Å². The number of aromatic amines is 1. The van der Waals surface area contributed by atoms with E-state index >= 15 is 0 Å². The third kappa shape index (κ3) is 5.86. The highest BCUT2D eigenvalue weighted by Gasteiger charge is 2.21. The number of fused-ring (bicyclic) bond motifs is 2. The number of nitrogens with zero attached hydrogens (tertiary/aromatic N) is 1. The summed E-state index contributed by atoms with van der Waals surface area (Å²) in [4.78, 5) is 28.0. The van der Waals surface area contributed by atoms with Gasteiger partial charge in [-0.15, -0.1) is 0 Å². The van der Waals surface area contributed by atoms with Gasteiger partial charge in [0.15, 0.2) is 17.3 Å².